The van der Waals surface area contributed by atoms with E-state index in [0.717, 1.165) is 6.42 Å². The minimum atomic E-state index is -0.612. The highest BCUT2D eigenvalue weighted by Crippen LogP contribution is 2.25. The van der Waals surface area contributed by atoms with Gasteiger partial charge in [-0.3, -0.25) is 4.79 Å². The van der Waals surface area contributed by atoms with Crippen LogP contribution >= 0.6 is 0 Å². The molecule has 28 heavy (non-hydrogen) atoms. The van der Waals surface area contributed by atoms with E-state index in [9.17, 15) is 9.59 Å². The largest absolute Gasteiger partial charge is 0.497 e. The number of hydrogen-bond acceptors (Lipinski definition) is 5. The van der Waals surface area contributed by atoms with Gasteiger partial charge in [-0.15, -0.1) is 0 Å². The monoisotopic (exact) mass is 383 g/mol. The van der Waals surface area contributed by atoms with Crippen molar-refractivity contribution in [3.05, 3.63) is 65.2 Å². The smallest absolute Gasteiger partial charge is 0.331 e. The lowest BCUT2D eigenvalue weighted by atomic mass is 10.1. The molecule has 0 saturated carbocycles. The second-order valence-electron chi connectivity index (χ2n) is 6.08. The Kier molecular flexibility index (Phi) is 8.09. The van der Waals surface area contributed by atoms with Crippen LogP contribution in [-0.4, -0.2) is 39.2 Å². The number of hydrogen-bond donors (Lipinski definition) is 1. The molecule has 6 nitrogen and oxygen atoms in total. The van der Waals surface area contributed by atoms with Crippen molar-refractivity contribution in [2.75, 3.05) is 27.4 Å². The minimum absolute atomic E-state index is 0.327. The van der Waals surface area contributed by atoms with Crippen molar-refractivity contribution >= 4 is 18.0 Å². The fraction of sp³-hybridized carbons (Fsp3) is 0.273. The Bertz CT molecular complexity index is 845. The maximum Gasteiger partial charge on any atom is 0.331 e. The number of methoxy groups -OCH3 is 2. The van der Waals surface area contributed by atoms with Crippen molar-refractivity contribution in [3.8, 4) is 11.5 Å². The molecule has 2 aromatic rings. The first-order chi connectivity index (χ1) is 13.5. The molecule has 0 heterocycles. The molecule has 6 heteroatoms. The van der Waals surface area contributed by atoms with Crippen molar-refractivity contribution < 1.29 is 23.8 Å². The first kappa shape index (κ1) is 21.0. The van der Waals surface area contributed by atoms with Crippen LogP contribution in [0.15, 0.2) is 48.5 Å². The maximum atomic E-state index is 11.9. The van der Waals surface area contributed by atoms with Gasteiger partial charge in [0.05, 0.1) is 14.2 Å². The van der Waals surface area contributed by atoms with Crippen LogP contribution in [0.1, 0.15) is 16.7 Å². The van der Waals surface area contributed by atoms with Crippen LogP contribution < -0.4 is 14.8 Å². The van der Waals surface area contributed by atoms with E-state index in [4.69, 9.17) is 14.2 Å². The Morgan fingerprint density at radius 3 is 2.57 bits per heavy atom. The summed E-state index contributed by atoms with van der Waals surface area (Å²) in [5.74, 6) is 0.286. The molecule has 0 radical (unpaired) electrons. The predicted octanol–water partition coefficient (Wildman–Crippen LogP) is 2.93. The van der Waals surface area contributed by atoms with Crippen LogP contribution in [0, 0.1) is 6.92 Å². The molecule has 0 unspecified atom stereocenters. The van der Waals surface area contributed by atoms with Crippen LogP contribution in [0.25, 0.3) is 6.08 Å². The summed E-state index contributed by atoms with van der Waals surface area (Å²) in [7, 11) is 3.10. The van der Waals surface area contributed by atoms with Gasteiger partial charge < -0.3 is 19.5 Å². The zero-order valence-corrected chi connectivity index (χ0v) is 16.4. The van der Waals surface area contributed by atoms with Gasteiger partial charge in [-0.1, -0.05) is 24.3 Å². The molecule has 2 aromatic carbocycles. The van der Waals surface area contributed by atoms with Gasteiger partial charge >= 0.3 is 5.97 Å². The molecular weight excluding hydrogens is 358 g/mol. The molecule has 0 atom stereocenters. The van der Waals surface area contributed by atoms with Crippen molar-refractivity contribution in [3.63, 3.8) is 0 Å². The summed E-state index contributed by atoms with van der Waals surface area (Å²) in [6.45, 7) is 2.19. The molecule has 0 aliphatic rings. The quantitative estimate of drug-likeness (QED) is 0.532. The first-order valence-corrected chi connectivity index (χ1v) is 8.91. The summed E-state index contributed by atoms with van der Waals surface area (Å²) in [5.41, 5.74) is 3.03. The molecule has 0 aliphatic carbocycles. The number of amides is 1. The van der Waals surface area contributed by atoms with Crippen LogP contribution in [0.2, 0.25) is 0 Å². The van der Waals surface area contributed by atoms with Gasteiger partial charge in [0.15, 0.2) is 6.61 Å². The zero-order chi connectivity index (χ0) is 20.4. The van der Waals surface area contributed by atoms with Crippen LogP contribution in [-0.2, 0) is 20.7 Å². The first-order valence-electron chi connectivity index (χ1n) is 8.91. The van der Waals surface area contributed by atoms with E-state index < -0.39 is 5.97 Å². The SMILES string of the molecule is COc1ccc(OC)c(/C=C/C(=O)OCC(=O)NCCc2ccccc2C)c1. The predicted molar refractivity (Wildman–Crippen MR) is 107 cm³/mol. The van der Waals surface area contributed by atoms with E-state index in [2.05, 4.69) is 5.32 Å². The standard InChI is InChI=1S/C22H25NO5/c1-16-6-4-5-7-17(16)12-13-23-21(24)15-28-22(25)11-8-18-14-19(26-2)9-10-20(18)27-3/h4-11,14H,12-13,15H2,1-3H3,(H,23,24)/b11-8+. The van der Waals surface area contributed by atoms with E-state index in [1.165, 1.54) is 17.2 Å². The Balaban J connectivity index is 1.78. The summed E-state index contributed by atoms with van der Waals surface area (Å²) in [6, 6.07) is 13.2. The third-order valence-electron chi connectivity index (χ3n) is 4.16. The molecule has 0 aromatic heterocycles. The van der Waals surface area contributed by atoms with Gasteiger partial charge in [0.1, 0.15) is 11.5 Å². The van der Waals surface area contributed by atoms with Gasteiger partial charge in [0, 0.05) is 18.2 Å². The number of rotatable bonds is 9. The Hall–Kier alpha value is -3.28. The van der Waals surface area contributed by atoms with E-state index in [-0.39, 0.29) is 12.5 Å². The summed E-state index contributed by atoms with van der Waals surface area (Å²) >= 11 is 0. The molecule has 0 saturated heterocycles. The number of nitrogens with one attached hydrogen (secondary N) is 1. The number of carbonyl (C=O) groups excluding carboxylic acids is 2. The third-order valence-corrected chi connectivity index (χ3v) is 4.16. The minimum Gasteiger partial charge on any atom is -0.497 e. The highest BCUT2D eigenvalue weighted by molar-refractivity contribution is 5.89. The maximum absolute atomic E-state index is 11.9. The number of carbonyl (C=O) groups is 2. The number of ether oxygens (including phenoxy) is 3. The van der Waals surface area contributed by atoms with Gasteiger partial charge in [0.25, 0.3) is 5.91 Å². The Labute approximate surface area is 165 Å². The normalized spacial score (nSPS) is 10.5. The summed E-state index contributed by atoms with van der Waals surface area (Å²) in [6.07, 6.45) is 3.53. The third kappa shape index (κ3) is 6.46. The number of benzene rings is 2. The average Bonchev–Trinajstić information content (AvgIpc) is 2.71. The van der Waals surface area contributed by atoms with Crippen LogP contribution in [0.4, 0.5) is 0 Å². The molecule has 1 amide bonds. The Morgan fingerprint density at radius 1 is 1.07 bits per heavy atom. The Morgan fingerprint density at radius 2 is 1.86 bits per heavy atom. The van der Waals surface area contributed by atoms with E-state index in [0.29, 0.717) is 23.6 Å². The van der Waals surface area contributed by atoms with Crippen molar-refractivity contribution in [1.82, 2.24) is 5.32 Å². The second-order valence-corrected chi connectivity index (χ2v) is 6.08. The molecule has 2 rings (SSSR count). The number of esters is 1. The van der Waals surface area contributed by atoms with E-state index in [1.807, 2.05) is 31.2 Å². The van der Waals surface area contributed by atoms with E-state index in [1.54, 1.807) is 38.5 Å². The molecule has 0 bridgehead atoms. The van der Waals surface area contributed by atoms with Gasteiger partial charge in [-0.05, 0) is 48.7 Å². The lowest BCUT2D eigenvalue weighted by molar-refractivity contribution is -0.143. The summed E-state index contributed by atoms with van der Waals surface area (Å²) in [4.78, 5) is 23.7. The van der Waals surface area contributed by atoms with Crippen molar-refractivity contribution in [1.29, 1.82) is 0 Å². The summed E-state index contributed by atoms with van der Waals surface area (Å²) in [5, 5.41) is 2.74. The van der Waals surface area contributed by atoms with Gasteiger partial charge in [-0.2, -0.15) is 0 Å². The fourth-order valence-electron chi connectivity index (χ4n) is 2.59. The van der Waals surface area contributed by atoms with Crippen LogP contribution in [0.5, 0.6) is 11.5 Å². The van der Waals surface area contributed by atoms with Gasteiger partial charge in [-0.25, -0.2) is 4.79 Å². The van der Waals surface area contributed by atoms with Gasteiger partial charge in [0.2, 0.25) is 0 Å². The highest BCUT2D eigenvalue weighted by atomic mass is 16.5. The number of aryl methyl sites for hydroxylation is 1. The molecule has 0 spiro atoms. The molecule has 1 N–H and O–H groups in total. The molecule has 0 fully saturated rings. The lowest BCUT2D eigenvalue weighted by Gasteiger charge is -2.08. The lowest BCUT2D eigenvalue weighted by Crippen LogP contribution is -2.30. The highest BCUT2D eigenvalue weighted by Gasteiger charge is 2.07. The zero-order valence-electron chi connectivity index (χ0n) is 16.4. The van der Waals surface area contributed by atoms with Crippen molar-refractivity contribution in [2.24, 2.45) is 0 Å². The molecular formula is C22H25NO5. The topological polar surface area (TPSA) is 73.9 Å². The van der Waals surface area contributed by atoms with Crippen LogP contribution in [0.3, 0.4) is 0 Å². The fourth-order valence-corrected chi connectivity index (χ4v) is 2.59. The molecule has 0 aliphatic heterocycles. The van der Waals surface area contributed by atoms with E-state index >= 15 is 0 Å². The molecule has 148 valence electrons. The average molecular weight is 383 g/mol. The van der Waals surface area contributed by atoms with Crippen molar-refractivity contribution in [2.45, 2.75) is 13.3 Å². The second kappa shape index (κ2) is 10.8. The summed E-state index contributed by atoms with van der Waals surface area (Å²) < 4.78 is 15.4.